The molecule has 0 radical (unpaired) electrons. The van der Waals surface area contributed by atoms with Gasteiger partial charge in [0, 0.05) is 6.92 Å². The summed E-state index contributed by atoms with van der Waals surface area (Å²) in [5.41, 5.74) is 0. The molecule has 0 spiro atoms. The number of esters is 1. The molecule has 0 heterocycles. The first-order chi connectivity index (χ1) is 3.77. The lowest BCUT2D eigenvalue weighted by Gasteiger charge is -1.75. The van der Waals surface area contributed by atoms with E-state index < -0.39 is 5.97 Å². The summed E-state index contributed by atoms with van der Waals surface area (Å²) in [4.78, 5) is 9.60. The van der Waals surface area contributed by atoms with Crippen LogP contribution in [0.5, 0.6) is 0 Å². The molecular formula is C5H7NO2. The summed E-state index contributed by atoms with van der Waals surface area (Å²) >= 11 is 0. The number of ether oxygens (including phenoxy) is 1. The quantitative estimate of drug-likeness (QED) is 0.265. The lowest BCUT2D eigenvalue weighted by molar-refractivity contribution is -0.134. The molecular weight excluding hydrogens is 106 g/mol. The Kier molecular flexibility index (Phi) is 11.3. The normalized spacial score (nSPS) is 5.00. The predicted molar refractivity (Wildman–Crippen MR) is 28.6 cm³/mol. The molecule has 8 heavy (non-hydrogen) atoms. The number of rotatable bonds is 0. The highest BCUT2D eigenvalue weighted by atomic mass is 16.5. The minimum absolute atomic E-state index is 0.572. The molecule has 0 unspecified atom stereocenters. The summed E-state index contributed by atoms with van der Waals surface area (Å²) < 4.78 is 3.71. The highest BCUT2D eigenvalue weighted by Gasteiger charge is 1.82. The van der Waals surface area contributed by atoms with Crippen LogP contribution in [0.1, 0.15) is 6.92 Å². The molecule has 3 heteroatoms. The van der Waals surface area contributed by atoms with Crippen LogP contribution in [0, 0.1) is 11.5 Å². The number of carbonyl (C=O) groups is 1. The molecule has 0 rings (SSSR count). The standard InChI is InChI=1S/C3H3NO2.C2H4/c1-3(5)6-2-4;1-2/h1H3;1-2H2. The average Bonchev–Trinajstić information content (AvgIpc) is 1.72. The van der Waals surface area contributed by atoms with Gasteiger partial charge in [0.25, 0.3) is 6.26 Å². The third-order valence-electron chi connectivity index (χ3n) is 0.189. The van der Waals surface area contributed by atoms with Crippen LogP contribution in [-0.2, 0) is 9.53 Å². The van der Waals surface area contributed by atoms with Crippen LogP contribution in [0.4, 0.5) is 0 Å². The molecule has 0 N–H and O–H groups in total. The van der Waals surface area contributed by atoms with Gasteiger partial charge in [-0.1, -0.05) is 0 Å². The SMILES string of the molecule is C=C.CC(=O)OC#N. The minimum Gasteiger partial charge on any atom is -0.351 e. The van der Waals surface area contributed by atoms with E-state index in [9.17, 15) is 4.79 Å². The molecule has 44 valence electrons. The van der Waals surface area contributed by atoms with Crippen LogP contribution in [-0.4, -0.2) is 5.97 Å². The summed E-state index contributed by atoms with van der Waals surface area (Å²) in [5.74, 6) is -0.572. The topological polar surface area (TPSA) is 50.1 Å². The van der Waals surface area contributed by atoms with Crippen molar-refractivity contribution in [2.75, 3.05) is 0 Å². The molecule has 0 saturated carbocycles. The lowest BCUT2D eigenvalue weighted by atomic mass is 10.8. The van der Waals surface area contributed by atoms with E-state index in [-0.39, 0.29) is 0 Å². The fourth-order valence-electron chi connectivity index (χ4n) is 0.0643. The molecule has 0 aliphatic heterocycles. The van der Waals surface area contributed by atoms with Crippen molar-refractivity contribution >= 4 is 5.97 Å². The van der Waals surface area contributed by atoms with Gasteiger partial charge in [-0.2, -0.15) is 0 Å². The average molecular weight is 113 g/mol. The first kappa shape index (κ1) is 9.85. The van der Waals surface area contributed by atoms with E-state index in [1.165, 1.54) is 13.2 Å². The van der Waals surface area contributed by atoms with E-state index in [1.54, 1.807) is 0 Å². The van der Waals surface area contributed by atoms with Gasteiger partial charge in [-0.05, 0) is 0 Å². The Hall–Kier alpha value is -1.30. The molecule has 3 nitrogen and oxygen atoms in total. The minimum atomic E-state index is -0.572. The van der Waals surface area contributed by atoms with E-state index >= 15 is 0 Å². The second-order valence-corrected chi connectivity index (χ2v) is 0.685. The zero-order chi connectivity index (χ0) is 6.99. The van der Waals surface area contributed by atoms with Gasteiger partial charge in [0.2, 0.25) is 0 Å². The van der Waals surface area contributed by atoms with Crippen molar-refractivity contribution in [3.8, 4) is 6.26 Å². The third-order valence-corrected chi connectivity index (χ3v) is 0.189. The van der Waals surface area contributed by atoms with Gasteiger partial charge in [0.05, 0.1) is 0 Å². The zero-order valence-electron chi connectivity index (χ0n) is 4.68. The molecule has 0 aliphatic carbocycles. The van der Waals surface area contributed by atoms with Gasteiger partial charge >= 0.3 is 5.97 Å². The third kappa shape index (κ3) is 22.3. The highest BCUT2D eigenvalue weighted by molar-refractivity contribution is 5.66. The van der Waals surface area contributed by atoms with E-state index in [0.29, 0.717) is 0 Å². The largest absolute Gasteiger partial charge is 0.351 e. The van der Waals surface area contributed by atoms with Crippen LogP contribution in [0.25, 0.3) is 0 Å². The Balaban J connectivity index is 0. The maximum Gasteiger partial charge on any atom is 0.318 e. The molecule has 0 atom stereocenters. The maximum atomic E-state index is 9.60. The summed E-state index contributed by atoms with van der Waals surface area (Å²) in [6.07, 6.45) is 1.22. The van der Waals surface area contributed by atoms with Gasteiger partial charge in [-0.25, -0.2) is 0 Å². The molecule has 0 aromatic heterocycles. The van der Waals surface area contributed by atoms with E-state index in [2.05, 4.69) is 17.9 Å². The van der Waals surface area contributed by atoms with Crippen molar-refractivity contribution in [1.29, 1.82) is 5.26 Å². The fourth-order valence-corrected chi connectivity index (χ4v) is 0.0643. The number of hydrogen-bond acceptors (Lipinski definition) is 3. The monoisotopic (exact) mass is 113 g/mol. The van der Waals surface area contributed by atoms with Crippen molar-refractivity contribution in [2.24, 2.45) is 0 Å². The second-order valence-electron chi connectivity index (χ2n) is 0.685. The van der Waals surface area contributed by atoms with E-state index in [4.69, 9.17) is 5.26 Å². The van der Waals surface area contributed by atoms with Crippen molar-refractivity contribution < 1.29 is 9.53 Å². The number of nitrogens with zero attached hydrogens (tertiary/aromatic N) is 1. The first-order valence-corrected chi connectivity index (χ1v) is 1.84. The van der Waals surface area contributed by atoms with Gasteiger partial charge < -0.3 is 4.74 Å². The number of carbonyl (C=O) groups excluding carboxylic acids is 1. The molecule has 0 aromatic rings. The predicted octanol–water partition coefficient (Wildman–Crippen LogP) is 0.833. The Morgan fingerprint density at radius 3 is 2.12 bits per heavy atom. The molecule has 0 aliphatic rings. The Morgan fingerprint density at radius 2 is 2.12 bits per heavy atom. The zero-order valence-corrected chi connectivity index (χ0v) is 4.68. The summed E-state index contributed by atoms with van der Waals surface area (Å²) in [7, 11) is 0. The van der Waals surface area contributed by atoms with Gasteiger partial charge in [-0.15, -0.1) is 18.4 Å². The second kappa shape index (κ2) is 9.20. The van der Waals surface area contributed by atoms with Crippen molar-refractivity contribution in [2.45, 2.75) is 6.92 Å². The lowest BCUT2D eigenvalue weighted by Crippen LogP contribution is -1.88. The van der Waals surface area contributed by atoms with Gasteiger partial charge in [0.15, 0.2) is 0 Å². The van der Waals surface area contributed by atoms with E-state index in [0.717, 1.165) is 0 Å². The van der Waals surface area contributed by atoms with E-state index in [1.807, 2.05) is 0 Å². The van der Waals surface area contributed by atoms with Gasteiger partial charge in [-0.3, -0.25) is 4.79 Å². The van der Waals surface area contributed by atoms with Crippen molar-refractivity contribution in [1.82, 2.24) is 0 Å². The number of nitriles is 1. The smallest absolute Gasteiger partial charge is 0.318 e. The van der Waals surface area contributed by atoms with Crippen LogP contribution < -0.4 is 0 Å². The molecule has 0 aromatic carbocycles. The number of hydrogen-bond donors (Lipinski definition) is 0. The first-order valence-electron chi connectivity index (χ1n) is 1.84. The summed E-state index contributed by atoms with van der Waals surface area (Å²) in [6.45, 7) is 7.17. The Bertz CT molecular complexity index is 103. The highest BCUT2D eigenvalue weighted by Crippen LogP contribution is 1.65. The molecule has 0 fully saturated rings. The van der Waals surface area contributed by atoms with Crippen LogP contribution in [0.2, 0.25) is 0 Å². The molecule has 0 amide bonds. The summed E-state index contributed by atoms with van der Waals surface area (Å²) in [5, 5.41) is 7.54. The Morgan fingerprint density at radius 1 is 1.75 bits per heavy atom. The van der Waals surface area contributed by atoms with Crippen LogP contribution in [0.15, 0.2) is 13.2 Å². The summed E-state index contributed by atoms with van der Waals surface area (Å²) in [6, 6.07) is 0. The Labute approximate surface area is 48.2 Å². The van der Waals surface area contributed by atoms with Crippen LogP contribution >= 0.6 is 0 Å². The van der Waals surface area contributed by atoms with Gasteiger partial charge in [0.1, 0.15) is 0 Å². The molecule has 0 bridgehead atoms. The maximum absolute atomic E-state index is 9.60. The van der Waals surface area contributed by atoms with Crippen molar-refractivity contribution in [3.63, 3.8) is 0 Å². The molecule has 0 saturated heterocycles. The fraction of sp³-hybridized carbons (Fsp3) is 0.200. The van der Waals surface area contributed by atoms with Crippen molar-refractivity contribution in [3.05, 3.63) is 13.2 Å². The van der Waals surface area contributed by atoms with Crippen LogP contribution in [0.3, 0.4) is 0 Å².